The van der Waals surface area contributed by atoms with Crippen LogP contribution < -0.4 is 0 Å². The Bertz CT molecular complexity index is 209. The third kappa shape index (κ3) is 2.37. The van der Waals surface area contributed by atoms with Crippen molar-refractivity contribution in [1.82, 2.24) is 0 Å². The molecule has 0 aromatic carbocycles. The van der Waals surface area contributed by atoms with Gasteiger partial charge in [0.05, 0.1) is 0 Å². The Morgan fingerprint density at radius 1 is 1.07 bits per heavy atom. The van der Waals surface area contributed by atoms with Crippen LogP contribution in [0.5, 0.6) is 0 Å². The summed E-state index contributed by atoms with van der Waals surface area (Å²) >= 11 is 0. The molecule has 2 aliphatic rings. The van der Waals surface area contributed by atoms with Gasteiger partial charge < -0.3 is 4.79 Å². The molecule has 0 bridgehead atoms. The predicted molar refractivity (Wildman–Crippen MR) is 58.1 cm³/mol. The molecule has 0 aromatic heterocycles. The van der Waals surface area contributed by atoms with Crippen LogP contribution in [0.3, 0.4) is 0 Å². The van der Waals surface area contributed by atoms with Crippen LogP contribution >= 0.6 is 0 Å². The monoisotopic (exact) mass is 194 g/mol. The number of Topliss-reactive ketones (excluding diaryl/α,β-unsaturated/α-hetero) is 1. The molecule has 2 aliphatic carbocycles. The third-order valence-corrected chi connectivity index (χ3v) is 4.22. The molecule has 0 radical (unpaired) electrons. The van der Waals surface area contributed by atoms with Crippen molar-refractivity contribution in [2.24, 2.45) is 17.8 Å². The number of ketones is 1. The Morgan fingerprint density at radius 2 is 1.79 bits per heavy atom. The number of hydrogen-bond acceptors (Lipinski definition) is 1. The van der Waals surface area contributed by atoms with Gasteiger partial charge in [-0.1, -0.05) is 25.7 Å². The highest BCUT2D eigenvalue weighted by atomic mass is 16.1. The first-order valence-electron chi connectivity index (χ1n) is 6.25. The molecule has 3 unspecified atom stereocenters. The summed E-state index contributed by atoms with van der Waals surface area (Å²) in [7, 11) is 0. The first kappa shape index (κ1) is 10.2. The van der Waals surface area contributed by atoms with E-state index < -0.39 is 0 Å². The van der Waals surface area contributed by atoms with Crippen LogP contribution in [0.4, 0.5) is 0 Å². The molecule has 1 nitrogen and oxygen atoms in total. The van der Waals surface area contributed by atoms with Gasteiger partial charge in [0.2, 0.25) is 0 Å². The topological polar surface area (TPSA) is 17.1 Å². The van der Waals surface area contributed by atoms with E-state index in [1.54, 1.807) is 6.92 Å². The van der Waals surface area contributed by atoms with Gasteiger partial charge in [-0.3, -0.25) is 0 Å². The summed E-state index contributed by atoms with van der Waals surface area (Å²) < 4.78 is 0. The maximum absolute atomic E-state index is 11.1. The highest BCUT2D eigenvalue weighted by Crippen LogP contribution is 2.43. The van der Waals surface area contributed by atoms with E-state index >= 15 is 0 Å². The molecule has 0 N–H and O–H groups in total. The molecule has 3 atom stereocenters. The zero-order chi connectivity index (χ0) is 9.97. The summed E-state index contributed by atoms with van der Waals surface area (Å²) in [5.41, 5.74) is 0. The van der Waals surface area contributed by atoms with Crippen molar-refractivity contribution >= 4 is 5.78 Å². The summed E-state index contributed by atoms with van der Waals surface area (Å²) in [6, 6.07) is 0. The maximum Gasteiger partial charge on any atom is 0.130 e. The summed E-state index contributed by atoms with van der Waals surface area (Å²) in [6.45, 7) is 1.74. The normalized spacial score (nSPS) is 37.6. The fourth-order valence-corrected chi connectivity index (χ4v) is 3.56. The van der Waals surface area contributed by atoms with E-state index in [1.165, 1.54) is 44.9 Å². The predicted octanol–water partition coefficient (Wildman–Crippen LogP) is 3.57. The lowest BCUT2D eigenvalue weighted by atomic mass is 9.67. The first-order chi connectivity index (χ1) is 6.75. The second-order valence-corrected chi connectivity index (χ2v) is 5.39. The van der Waals surface area contributed by atoms with E-state index in [-0.39, 0.29) is 0 Å². The van der Waals surface area contributed by atoms with Crippen LogP contribution in [0.2, 0.25) is 0 Å². The quantitative estimate of drug-likeness (QED) is 0.656. The lowest BCUT2D eigenvalue weighted by Crippen LogP contribution is -2.28. The molecule has 0 aromatic rings. The Labute approximate surface area is 87.3 Å². The molecule has 2 rings (SSSR count). The van der Waals surface area contributed by atoms with Gasteiger partial charge in [0.1, 0.15) is 5.78 Å². The molecular weight excluding hydrogens is 172 g/mol. The van der Waals surface area contributed by atoms with Gasteiger partial charge in [-0.25, -0.2) is 0 Å². The molecule has 0 amide bonds. The SMILES string of the molecule is CC(=O)CC1CCC2CCCCC2C1. The van der Waals surface area contributed by atoms with Crippen molar-refractivity contribution in [3.8, 4) is 0 Å². The van der Waals surface area contributed by atoms with Crippen LogP contribution in [-0.2, 0) is 4.79 Å². The summed E-state index contributed by atoms with van der Waals surface area (Å²) in [6.07, 6.45) is 10.7. The molecule has 0 aliphatic heterocycles. The summed E-state index contributed by atoms with van der Waals surface area (Å²) in [4.78, 5) is 11.1. The molecule has 1 heteroatoms. The molecular formula is C13H22O. The van der Waals surface area contributed by atoms with Crippen LogP contribution in [0.15, 0.2) is 0 Å². The van der Waals surface area contributed by atoms with Gasteiger partial charge in [0.25, 0.3) is 0 Å². The summed E-state index contributed by atoms with van der Waals surface area (Å²) in [5, 5.41) is 0. The van der Waals surface area contributed by atoms with E-state index in [9.17, 15) is 4.79 Å². The molecule has 2 saturated carbocycles. The minimum Gasteiger partial charge on any atom is -0.300 e. The maximum atomic E-state index is 11.1. The average molecular weight is 194 g/mol. The van der Waals surface area contributed by atoms with Crippen molar-refractivity contribution in [3.05, 3.63) is 0 Å². The largest absolute Gasteiger partial charge is 0.300 e. The molecule has 80 valence electrons. The fraction of sp³-hybridized carbons (Fsp3) is 0.923. The number of fused-ring (bicyclic) bond motifs is 1. The van der Waals surface area contributed by atoms with Gasteiger partial charge in [0.15, 0.2) is 0 Å². The van der Waals surface area contributed by atoms with Crippen LogP contribution in [0, 0.1) is 17.8 Å². The number of carbonyl (C=O) groups is 1. The Hall–Kier alpha value is -0.330. The average Bonchev–Trinajstić information content (AvgIpc) is 2.17. The van der Waals surface area contributed by atoms with Crippen molar-refractivity contribution in [1.29, 1.82) is 0 Å². The fourth-order valence-electron chi connectivity index (χ4n) is 3.56. The van der Waals surface area contributed by atoms with Crippen LogP contribution in [0.1, 0.15) is 58.3 Å². The number of hydrogen-bond donors (Lipinski definition) is 0. The van der Waals surface area contributed by atoms with Gasteiger partial charge >= 0.3 is 0 Å². The van der Waals surface area contributed by atoms with E-state index in [4.69, 9.17) is 0 Å². The van der Waals surface area contributed by atoms with Gasteiger partial charge in [0, 0.05) is 6.42 Å². The zero-order valence-electron chi connectivity index (χ0n) is 9.30. The number of rotatable bonds is 2. The zero-order valence-corrected chi connectivity index (χ0v) is 9.30. The van der Waals surface area contributed by atoms with Gasteiger partial charge in [-0.2, -0.15) is 0 Å². The van der Waals surface area contributed by atoms with Gasteiger partial charge in [-0.15, -0.1) is 0 Å². The van der Waals surface area contributed by atoms with Crippen molar-refractivity contribution in [2.45, 2.75) is 58.3 Å². The second-order valence-electron chi connectivity index (χ2n) is 5.39. The van der Waals surface area contributed by atoms with Crippen molar-refractivity contribution in [2.75, 3.05) is 0 Å². The number of carbonyl (C=O) groups excluding carboxylic acids is 1. The Balaban J connectivity index is 1.86. The van der Waals surface area contributed by atoms with E-state index in [0.29, 0.717) is 5.78 Å². The summed E-state index contributed by atoms with van der Waals surface area (Å²) in [5.74, 6) is 3.12. The Kier molecular flexibility index (Phi) is 3.25. The molecule has 0 saturated heterocycles. The van der Waals surface area contributed by atoms with E-state index in [1.807, 2.05) is 0 Å². The minimum absolute atomic E-state index is 0.393. The molecule has 14 heavy (non-hydrogen) atoms. The third-order valence-electron chi connectivity index (χ3n) is 4.22. The standard InChI is InChI=1S/C13H22O/c1-10(14)8-11-6-7-12-4-2-3-5-13(12)9-11/h11-13H,2-9H2,1H3. The highest BCUT2D eigenvalue weighted by molar-refractivity contribution is 5.75. The molecule has 0 heterocycles. The van der Waals surface area contributed by atoms with Gasteiger partial charge in [-0.05, 0) is 43.9 Å². The minimum atomic E-state index is 0.393. The first-order valence-corrected chi connectivity index (χ1v) is 6.25. The van der Waals surface area contributed by atoms with Crippen LogP contribution in [-0.4, -0.2) is 5.78 Å². The smallest absolute Gasteiger partial charge is 0.130 e. The van der Waals surface area contributed by atoms with E-state index in [2.05, 4.69) is 0 Å². The van der Waals surface area contributed by atoms with E-state index in [0.717, 1.165) is 24.2 Å². The van der Waals surface area contributed by atoms with Crippen LogP contribution in [0.25, 0.3) is 0 Å². The second kappa shape index (κ2) is 4.46. The Morgan fingerprint density at radius 3 is 2.50 bits per heavy atom. The van der Waals surface area contributed by atoms with Crippen molar-refractivity contribution in [3.63, 3.8) is 0 Å². The lowest BCUT2D eigenvalue weighted by molar-refractivity contribution is -0.118. The van der Waals surface area contributed by atoms with Crippen molar-refractivity contribution < 1.29 is 4.79 Å². The lowest BCUT2D eigenvalue weighted by Gasteiger charge is -2.39. The molecule has 2 fully saturated rings. The molecule has 0 spiro atoms. The highest BCUT2D eigenvalue weighted by Gasteiger charge is 2.32.